The van der Waals surface area contributed by atoms with Crippen LogP contribution in [0.25, 0.3) is 27.8 Å². The van der Waals surface area contributed by atoms with E-state index in [0.717, 1.165) is 33.5 Å². The van der Waals surface area contributed by atoms with Crippen molar-refractivity contribution in [2.24, 2.45) is 0 Å². The molecular weight excluding hydrogens is 372 g/mol. The lowest BCUT2D eigenvalue weighted by atomic mass is 9.86. The van der Waals surface area contributed by atoms with Crippen LogP contribution in [0.3, 0.4) is 0 Å². The van der Waals surface area contributed by atoms with Gasteiger partial charge in [-0.05, 0) is 55.4 Å². The summed E-state index contributed by atoms with van der Waals surface area (Å²) in [7, 11) is 3.75. The number of hydrogen-bond acceptors (Lipinski definition) is 3. The molecule has 2 aromatic carbocycles. The van der Waals surface area contributed by atoms with Crippen LogP contribution in [0.2, 0.25) is 0 Å². The van der Waals surface area contributed by atoms with Crippen molar-refractivity contribution in [3.63, 3.8) is 0 Å². The molecule has 0 aliphatic carbocycles. The molecular formula is C25H28N4O. The first-order valence-corrected chi connectivity index (χ1v) is 10.2. The molecule has 0 radical (unpaired) electrons. The maximum absolute atomic E-state index is 12.2. The van der Waals surface area contributed by atoms with E-state index in [1.54, 1.807) is 0 Å². The van der Waals surface area contributed by atoms with E-state index in [4.69, 9.17) is 4.98 Å². The number of nitrogens with one attached hydrogen (secondary N) is 1. The maximum atomic E-state index is 12.2. The fourth-order valence-electron chi connectivity index (χ4n) is 3.68. The maximum Gasteiger partial charge on any atom is 0.238 e. The van der Waals surface area contributed by atoms with Crippen LogP contribution in [-0.2, 0) is 10.2 Å². The summed E-state index contributed by atoms with van der Waals surface area (Å²) in [6.07, 6.45) is 2.05. The molecule has 4 rings (SSSR count). The Balaban J connectivity index is 1.79. The van der Waals surface area contributed by atoms with Crippen LogP contribution in [0.5, 0.6) is 0 Å². The van der Waals surface area contributed by atoms with Crippen molar-refractivity contribution in [1.82, 2.24) is 14.3 Å². The van der Waals surface area contributed by atoms with Crippen LogP contribution in [-0.4, -0.2) is 40.8 Å². The smallest absolute Gasteiger partial charge is 0.238 e. The Kier molecular flexibility index (Phi) is 5.08. The minimum Gasteiger partial charge on any atom is -0.325 e. The molecule has 30 heavy (non-hydrogen) atoms. The summed E-state index contributed by atoms with van der Waals surface area (Å²) in [4.78, 5) is 19.0. The van der Waals surface area contributed by atoms with Gasteiger partial charge >= 0.3 is 0 Å². The van der Waals surface area contributed by atoms with E-state index in [1.807, 2.05) is 43.3 Å². The second kappa shape index (κ2) is 7.58. The molecule has 2 heterocycles. The van der Waals surface area contributed by atoms with Crippen LogP contribution in [0.1, 0.15) is 26.3 Å². The number of amides is 1. The third-order valence-corrected chi connectivity index (χ3v) is 5.23. The molecule has 0 unspecified atom stereocenters. The molecule has 5 nitrogen and oxygen atoms in total. The van der Waals surface area contributed by atoms with Crippen molar-refractivity contribution < 1.29 is 4.79 Å². The Hall–Kier alpha value is -3.18. The molecule has 0 saturated heterocycles. The summed E-state index contributed by atoms with van der Waals surface area (Å²) in [5.74, 6) is -0.0422. The van der Waals surface area contributed by atoms with Crippen molar-refractivity contribution in [3.05, 3.63) is 66.4 Å². The predicted molar refractivity (Wildman–Crippen MR) is 124 cm³/mol. The molecule has 0 fully saturated rings. The Morgan fingerprint density at radius 1 is 1.03 bits per heavy atom. The molecule has 4 aromatic rings. The zero-order chi connectivity index (χ0) is 21.5. The summed E-state index contributed by atoms with van der Waals surface area (Å²) >= 11 is 0. The number of aromatic nitrogens is 2. The van der Waals surface area contributed by atoms with Crippen LogP contribution < -0.4 is 5.32 Å². The van der Waals surface area contributed by atoms with Gasteiger partial charge in [-0.2, -0.15) is 0 Å². The first kappa shape index (κ1) is 20.1. The Morgan fingerprint density at radius 2 is 1.77 bits per heavy atom. The highest BCUT2D eigenvalue weighted by Crippen LogP contribution is 2.30. The van der Waals surface area contributed by atoms with Gasteiger partial charge in [-0.15, -0.1) is 0 Å². The predicted octanol–water partition coefficient (Wildman–Crippen LogP) is 4.95. The Labute approximate surface area is 177 Å². The molecule has 5 heteroatoms. The van der Waals surface area contributed by atoms with Gasteiger partial charge in [0.05, 0.1) is 28.8 Å². The quantitative estimate of drug-likeness (QED) is 0.527. The van der Waals surface area contributed by atoms with Crippen LogP contribution in [0.15, 0.2) is 60.8 Å². The molecule has 154 valence electrons. The number of benzene rings is 2. The summed E-state index contributed by atoms with van der Waals surface area (Å²) < 4.78 is 2.15. The number of fused-ring (bicyclic) bond motifs is 3. The summed E-state index contributed by atoms with van der Waals surface area (Å²) in [5, 5.41) is 2.96. The monoisotopic (exact) mass is 400 g/mol. The van der Waals surface area contributed by atoms with Gasteiger partial charge in [0, 0.05) is 17.4 Å². The van der Waals surface area contributed by atoms with E-state index >= 15 is 0 Å². The third kappa shape index (κ3) is 3.94. The molecule has 1 amide bonds. The molecule has 0 atom stereocenters. The SMILES string of the molecule is CN(C)CC(=O)Nc1ccc2c(c1)nc(-c1ccc(C(C)(C)C)cc1)c1cccn12. The second-order valence-electron chi connectivity index (χ2n) is 9.04. The van der Waals surface area contributed by atoms with Gasteiger partial charge in [-0.1, -0.05) is 45.0 Å². The van der Waals surface area contributed by atoms with Crippen LogP contribution >= 0.6 is 0 Å². The molecule has 1 N–H and O–H groups in total. The number of hydrogen-bond donors (Lipinski definition) is 1. The zero-order valence-electron chi connectivity index (χ0n) is 18.2. The van der Waals surface area contributed by atoms with Gasteiger partial charge < -0.3 is 14.6 Å². The third-order valence-electron chi connectivity index (χ3n) is 5.23. The van der Waals surface area contributed by atoms with Crippen molar-refractivity contribution >= 4 is 28.1 Å². The first-order chi connectivity index (χ1) is 14.2. The highest BCUT2D eigenvalue weighted by molar-refractivity contribution is 5.95. The summed E-state index contributed by atoms with van der Waals surface area (Å²) in [6, 6.07) is 18.6. The van der Waals surface area contributed by atoms with Gasteiger partial charge in [-0.25, -0.2) is 4.98 Å². The average Bonchev–Trinajstić information content (AvgIpc) is 3.16. The van der Waals surface area contributed by atoms with Crippen molar-refractivity contribution in [1.29, 1.82) is 0 Å². The highest BCUT2D eigenvalue weighted by atomic mass is 16.2. The molecule has 2 aromatic heterocycles. The molecule has 0 aliphatic rings. The minimum absolute atomic E-state index is 0.0422. The average molecular weight is 401 g/mol. The number of carbonyl (C=O) groups is 1. The van der Waals surface area contributed by atoms with Crippen LogP contribution in [0, 0.1) is 0 Å². The highest BCUT2D eigenvalue weighted by Gasteiger charge is 2.15. The number of anilines is 1. The molecule has 0 spiro atoms. The largest absolute Gasteiger partial charge is 0.325 e. The number of rotatable bonds is 4. The fourth-order valence-corrected chi connectivity index (χ4v) is 3.68. The van der Waals surface area contributed by atoms with E-state index < -0.39 is 0 Å². The second-order valence-corrected chi connectivity index (χ2v) is 9.04. The lowest BCUT2D eigenvalue weighted by molar-refractivity contribution is -0.116. The number of carbonyl (C=O) groups excluding carboxylic acids is 1. The minimum atomic E-state index is -0.0422. The van der Waals surface area contributed by atoms with Gasteiger partial charge in [-0.3, -0.25) is 4.79 Å². The zero-order valence-corrected chi connectivity index (χ0v) is 18.2. The van der Waals surface area contributed by atoms with Crippen molar-refractivity contribution in [2.75, 3.05) is 26.0 Å². The van der Waals surface area contributed by atoms with E-state index in [-0.39, 0.29) is 11.3 Å². The molecule has 0 bridgehead atoms. The summed E-state index contributed by atoms with van der Waals surface area (Å²) in [5.41, 5.74) is 7.09. The summed E-state index contributed by atoms with van der Waals surface area (Å²) in [6.45, 7) is 6.99. The lowest BCUT2D eigenvalue weighted by Gasteiger charge is -2.19. The van der Waals surface area contributed by atoms with Gasteiger partial charge in [0.2, 0.25) is 5.91 Å². The van der Waals surface area contributed by atoms with E-state index in [2.05, 4.69) is 67.0 Å². The molecule has 0 saturated carbocycles. The van der Waals surface area contributed by atoms with Crippen molar-refractivity contribution in [2.45, 2.75) is 26.2 Å². The van der Waals surface area contributed by atoms with E-state index in [0.29, 0.717) is 6.54 Å². The normalized spacial score (nSPS) is 12.1. The first-order valence-electron chi connectivity index (χ1n) is 10.2. The number of nitrogens with zero attached hydrogens (tertiary/aromatic N) is 3. The van der Waals surface area contributed by atoms with Gasteiger partial charge in [0.15, 0.2) is 0 Å². The fraction of sp³-hybridized carbons (Fsp3) is 0.280. The number of likely N-dealkylation sites (N-methyl/N-ethyl adjacent to an activating group) is 1. The Morgan fingerprint density at radius 3 is 2.43 bits per heavy atom. The van der Waals surface area contributed by atoms with Crippen LogP contribution in [0.4, 0.5) is 5.69 Å². The van der Waals surface area contributed by atoms with E-state index in [1.165, 1.54) is 5.56 Å². The topological polar surface area (TPSA) is 49.6 Å². The molecule has 0 aliphatic heterocycles. The van der Waals surface area contributed by atoms with Gasteiger partial charge in [0.25, 0.3) is 0 Å². The Bertz CT molecular complexity index is 1210. The van der Waals surface area contributed by atoms with Crippen molar-refractivity contribution in [3.8, 4) is 11.3 Å². The van der Waals surface area contributed by atoms with Gasteiger partial charge in [0.1, 0.15) is 0 Å². The van der Waals surface area contributed by atoms with E-state index in [9.17, 15) is 4.79 Å². The lowest BCUT2D eigenvalue weighted by Crippen LogP contribution is -2.27. The standard InChI is InChI=1S/C25H28N4O/c1-25(2,3)18-10-8-17(9-11-18)24-22-7-6-14-29(22)21-13-12-19(15-20(21)27-24)26-23(30)16-28(4)5/h6-15H,16H2,1-5H3,(H,26,30).